The fourth-order valence-electron chi connectivity index (χ4n) is 4.09. The molecule has 2 N–H and O–H groups in total. The fraction of sp³-hybridized carbons (Fsp3) is 0.462. The monoisotopic (exact) mass is 454 g/mol. The van der Waals surface area contributed by atoms with Gasteiger partial charge >= 0.3 is 6.03 Å². The summed E-state index contributed by atoms with van der Waals surface area (Å²) in [6.45, 7) is 9.66. The Morgan fingerprint density at radius 2 is 1.79 bits per heavy atom. The Labute approximate surface area is 196 Å². The van der Waals surface area contributed by atoms with E-state index in [9.17, 15) is 14.0 Å². The Bertz CT molecular complexity index is 969. The number of hydrogen-bond donors (Lipinski definition) is 2. The standard InChI is InChI=1S/C26H35FN4O2/c1-5-20-16-24(29-26(33)30(4)17-19-6-8-22(27)9-7-19)21(14-18(2)3)15-23(20)25(32)31-12-10-28-11-13-31/h6-9,15-16,18,28H,5,10-14,17H2,1-4H3,(H,29,33). The molecule has 2 aromatic rings. The molecule has 0 atom stereocenters. The Morgan fingerprint density at radius 1 is 1.12 bits per heavy atom. The van der Waals surface area contributed by atoms with Gasteiger partial charge in [0, 0.05) is 51.0 Å². The number of carbonyl (C=O) groups excluding carboxylic acids is 2. The number of nitrogens with one attached hydrogen (secondary N) is 2. The first kappa shape index (κ1) is 24.7. The van der Waals surface area contributed by atoms with Crippen molar-refractivity contribution in [1.82, 2.24) is 15.1 Å². The van der Waals surface area contributed by atoms with Crippen LogP contribution >= 0.6 is 0 Å². The van der Waals surface area contributed by atoms with Crippen LogP contribution in [0.25, 0.3) is 0 Å². The molecule has 1 aliphatic rings. The number of hydrogen-bond acceptors (Lipinski definition) is 3. The molecule has 0 bridgehead atoms. The van der Waals surface area contributed by atoms with Crippen LogP contribution in [0.5, 0.6) is 0 Å². The van der Waals surface area contributed by atoms with Gasteiger partial charge in [0.05, 0.1) is 0 Å². The normalized spacial score (nSPS) is 13.8. The highest BCUT2D eigenvalue weighted by molar-refractivity contribution is 5.98. The minimum Gasteiger partial charge on any atom is -0.336 e. The molecule has 7 heteroatoms. The molecule has 6 nitrogen and oxygen atoms in total. The number of urea groups is 1. The van der Waals surface area contributed by atoms with Crippen LogP contribution in [0.4, 0.5) is 14.9 Å². The van der Waals surface area contributed by atoms with Gasteiger partial charge in [-0.25, -0.2) is 9.18 Å². The van der Waals surface area contributed by atoms with Crippen molar-refractivity contribution in [3.05, 3.63) is 64.5 Å². The van der Waals surface area contributed by atoms with E-state index in [1.54, 1.807) is 24.1 Å². The molecule has 1 aliphatic heterocycles. The second-order valence-corrected chi connectivity index (χ2v) is 9.07. The van der Waals surface area contributed by atoms with Crippen molar-refractivity contribution in [3.63, 3.8) is 0 Å². The molecule has 0 spiro atoms. The van der Waals surface area contributed by atoms with E-state index >= 15 is 0 Å². The molecular weight excluding hydrogens is 419 g/mol. The van der Waals surface area contributed by atoms with E-state index in [4.69, 9.17) is 0 Å². The number of nitrogens with zero attached hydrogens (tertiary/aromatic N) is 2. The topological polar surface area (TPSA) is 64.7 Å². The molecule has 0 unspecified atom stereocenters. The number of amides is 3. The zero-order chi connectivity index (χ0) is 24.0. The number of carbonyl (C=O) groups is 2. The molecule has 2 aromatic carbocycles. The quantitative estimate of drug-likeness (QED) is 0.656. The first-order valence-corrected chi connectivity index (χ1v) is 11.7. The largest absolute Gasteiger partial charge is 0.336 e. The zero-order valence-electron chi connectivity index (χ0n) is 20.1. The molecule has 178 valence electrons. The predicted octanol–water partition coefficient (Wildman–Crippen LogP) is 4.30. The maximum atomic E-state index is 13.3. The highest BCUT2D eigenvalue weighted by Gasteiger charge is 2.23. The Hall–Kier alpha value is -2.93. The van der Waals surface area contributed by atoms with Gasteiger partial charge in [-0.15, -0.1) is 0 Å². The van der Waals surface area contributed by atoms with E-state index in [0.29, 0.717) is 32.0 Å². The van der Waals surface area contributed by atoms with E-state index in [0.717, 1.165) is 47.5 Å². The van der Waals surface area contributed by atoms with Gasteiger partial charge < -0.3 is 20.4 Å². The first-order chi connectivity index (χ1) is 15.8. The minimum atomic E-state index is -0.299. The first-order valence-electron chi connectivity index (χ1n) is 11.7. The molecule has 0 saturated carbocycles. The van der Waals surface area contributed by atoms with Crippen molar-refractivity contribution < 1.29 is 14.0 Å². The Kier molecular flexibility index (Phi) is 8.44. The molecule has 1 fully saturated rings. The van der Waals surface area contributed by atoms with Gasteiger partial charge in [-0.2, -0.15) is 0 Å². The summed E-state index contributed by atoms with van der Waals surface area (Å²) in [4.78, 5) is 29.7. The van der Waals surface area contributed by atoms with E-state index in [-0.39, 0.29) is 17.8 Å². The van der Waals surface area contributed by atoms with Crippen molar-refractivity contribution in [2.45, 2.75) is 40.2 Å². The van der Waals surface area contributed by atoms with Crippen molar-refractivity contribution in [2.75, 3.05) is 38.5 Å². The van der Waals surface area contributed by atoms with Gasteiger partial charge in [0.15, 0.2) is 0 Å². The van der Waals surface area contributed by atoms with Crippen LogP contribution in [0.1, 0.15) is 47.8 Å². The number of benzene rings is 2. The SMILES string of the molecule is CCc1cc(NC(=O)N(C)Cc2ccc(F)cc2)c(CC(C)C)cc1C(=O)N1CCNCC1. The summed E-state index contributed by atoms with van der Waals surface area (Å²) in [7, 11) is 1.71. The van der Waals surface area contributed by atoms with Crippen LogP contribution in [0, 0.1) is 11.7 Å². The third-order valence-corrected chi connectivity index (χ3v) is 5.89. The van der Waals surface area contributed by atoms with Crippen molar-refractivity contribution in [3.8, 4) is 0 Å². The highest BCUT2D eigenvalue weighted by atomic mass is 19.1. The smallest absolute Gasteiger partial charge is 0.321 e. The van der Waals surface area contributed by atoms with Crippen LogP contribution in [0.15, 0.2) is 36.4 Å². The van der Waals surface area contributed by atoms with Crippen molar-refractivity contribution in [1.29, 1.82) is 0 Å². The lowest BCUT2D eigenvalue weighted by atomic mass is 9.94. The van der Waals surface area contributed by atoms with Crippen LogP contribution < -0.4 is 10.6 Å². The van der Waals surface area contributed by atoms with Gasteiger partial charge in [-0.3, -0.25) is 4.79 Å². The molecule has 3 rings (SSSR count). The summed E-state index contributed by atoms with van der Waals surface area (Å²) < 4.78 is 13.2. The number of halogens is 1. The molecule has 1 saturated heterocycles. The molecule has 1 heterocycles. The summed E-state index contributed by atoms with van der Waals surface area (Å²) in [5, 5.41) is 6.33. The third-order valence-electron chi connectivity index (χ3n) is 5.89. The molecule has 33 heavy (non-hydrogen) atoms. The second-order valence-electron chi connectivity index (χ2n) is 9.07. The third kappa shape index (κ3) is 6.54. The van der Waals surface area contributed by atoms with Gasteiger partial charge in [0.2, 0.25) is 0 Å². The summed E-state index contributed by atoms with van der Waals surface area (Å²) >= 11 is 0. The maximum Gasteiger partial charge on any atom is 0.321 e. The van der Waals surface area contributed by atoms with Crippen LogP contribution in [0.2, 0.25) is 0 Å². The maximum absolute atomic E-state index is 13.3. The Balaban J connectivity index is 1.84. The number of aryl methyl sites for hydroxylation is 1. The lowest BCUT2D eigenvalue weighted by Gasteiger charge is -2.29. The number of piperazine rings is 1. The molecular formula is C26H35FN4O2. The van der Waals surface area contributed by atoms with E-state index in [1.165, 1.54) is 12.1 Å². The number of rotatable bonds is 7. The fourth-order valence-corrected chi connectivity index (χ4v) is 4.09. The van der Waals surface area contributed by atoms with Gasteiger partial charge in [0.25, 0.3) is 5.91 Å². The van der Waals surface area contributed by atoms with Gasteiger partial charge in [0.1, 0.15) is 5.82 Å². The van der Waals surface area contributed by atoms with E-state index in [2.05, 4.69) is 24.5 Å². The average molecular weight is 455 g/mol. The summed E-state index contributed by atoms with van der Waals surface area (Å²) in [5.74, 6) is 0.128. The number of anilines is 1. The van der Waals surface area contributed by atoms with Crippen molar-refractivity contribution >= 4 is 17.6 Å². The molecule has 0 aromatic heterocycles. The minimum absolute atomic E-state index is 0.0599. The predicted molar refractivity (Wildman–Crippen MR) is 130 cm³/mol. The van der Waals surface area contributed by atoms with E-state index in [1.807, 2.05) is 24.0 Å². The summed E-state index contributed by atoms with van der Waals surface area (Å²) in [6, 6.07) is 9.82. The van der Waals surface area contributed by atoms with Gasteiger partial charge in [-0.1, -0.05) is 32.9 Å². The van der Waals surface area contributed by atoms with Crippen LogP contribution in [-0.2, 0) is 19.4 Å². The zero-order valence-corrected chi connectivity index (χ0v) is 20.1. The Morgan fingerprint density at radius 3 is 2.39 bits per heavy atom. The van der Waals surface area contributed by atoms with Crippen LogP contribution in [-0.4, -0.2) is 55.0 Å². The summed E-state index contributed by atoms with van der Waals surface area (Å²) in [6.07, 6.45) is 1.45. The lowest BCUT2D eigenvalue weighted by molar-refractivity contribution is 0.0734. The summed E-state index contributed by atoms with van der Waals surface area (Å²) in [5.41, 5.74) is 4.22. The van der Waals surface area contributed by atoms with E-state index < -0.39 is 0 Å². The van der Waals surface area contributed by atoms with Crippen LogP contribution in [0.3, 0.4) is 0 Å². The molecule has 0 radical (unpaired) electrons. The lowest BCUT2D eigenvalue weighted by Crippen LogP contribution is -2.46. The molecule has 3 amide bonds. The van der Waals surface area contributed by atoms with Crippen molar-refractivity contribution in [2.24, 2.45) is 5.92 Å². The van der Waals surface area contributed by atoms with Gasteiger partial charge in [-0.05, 0) is 59.7 Å². The second kappa shape index (κ2) is 11.3. The molecule has 0 aliphatic carbocycles. The highest BCUT2D eigenvalue weighted by Crippen LogP contribution is 2.27. The average Bonchev–Trinajstić information content (AvgIpc) is 2.81.